The maximum absolute atomic E-state index is 13.2. The van der Waals surface area contributed by atoms with Crippen LogP contribution < -0.4 is 0 Å². The van der Waals surface area contributed by atoms with Gasteiger partial charge in [0.15, 0.2) is 0 Å². The van der Waals surface area contributed by atoms with E-state index in [-0.39, 0.29) is 24.3 Å². The van der Waals surface area contributed by atoms with Crippen molar-refractivity contribution >= 4 is 17.9 Å². The first kappa shape index (κ1) is 18.8. The fraction of sp³-hybridized carbons (Fsp3) is 0.810. The molecule has 0 aromatic rings. The minimum absolute atomic E-state index is 0.227. The molecule has 4 fully saturated rings. The highest BCUT2D eigenvalue weighted by Crippen LogP contribution is 2.69. The topological polar surface area (TPSA) is 78.9 Å². The smallest absolute Gasteiger partial charge is 0.311 e. The van der Waals surface area contributed by atoms with Crippen LogP contribution in [-0.2, 0) is 28.6 Å². The van der Waals surface area contributed by atoms with Gasteiger partial charge >= 0.3 is 17.9 Å². The van der Waals surface area contributed by atoms with Crippen LogP contribution in [0.25, 0.3) is 0 Å². The zero-order valence-corrected chi connectivity index (χ0v) is 16.0. The van der Waals surface area contributed by atoms with Gasteiger partial charge in [-0.05, 0) is 51.4 Å². The third-order valence-corrected chi connectivity index (χ3v) is 7.26. The van der Waals surface area contributed by atoms with Gasteiger partial charge in [0.25, 0.3) is 0 Å². The van der Waals surface area contributed by atoms with E-state index >= 15 is 0 Å². The Bertz CT molecular complexity index is 637. The SMILES string of the molecule is [CH2]CCC(=O)OC1C2OC(=O)C3CCC12C3C(=O)OC1(CC)CCCCC1. The molecule has 1 aliphatic heterocycles. The van der Waals surface area contributed by atoms with Crippen molar-refractivity contribution in [3.05, 3.63) is 6.92 Å². The molecular weight excluding hydrogens is 348 g/mol. The second-order valence-electron chi connectivity index (χ2n) is 8.63. The van der Waals surface area contributed by atoms with Gasteiger partial charge in [-0.3, -0.25) is 14.4 Å². The molecule has 4 aliphatic rings. The summed E-state index contributed by atoms with van der Waals surface area (Å²) in [6, 6.07) is 0. The number of hydrogen-bond donors (Lipinski definition) is 0. The summed E-state index contributed by atoms with van der Waals surface area (Å²) in [7, 11) is 0. The highest BCUT2D eigenvalue weighted by Gasteiger charge is 2.82. The van der Waals surface area contributed by atoms with Crippen LogP contribution in [0.1, 0.15) is 71.1 Å². The van der Waals surface area contributed by atoms with E-state index in [1.54, 1.807) is 0 Å². The molecule has 0 amide bonds. The van der Waals surface area contributed by atoms with Crippen molar-refractivity contribution in [2.24, 2.45) is 17.3 Å². The van der Waals surface area contributed by atoms with Gasteiger partial charge in [-0.2, -0.15) is 0 Å². The van der Waals surface area contributed by atoms with Crippen LogP contribution in [0.4, 0.5) is 0 Å². The van der Waals surface area contributed by atoms with Gasteiger partial charge in [-0.15, -0.1) is 0 Å². The van der Waals surface area contributed by atoms with Crippen LogP contribution >= 0.6 is 0 Å². The molecule has 6 nitrogen and oxygen atoms in total. The summed E-state index contributed by atoms with van der Waals surface area (Å²) in [5, 5.41) is 0. The summed E-state index contributed by atoms with van der Waals surface area (Å²) in [5.41, 5.74) is -0.979. The van der Waals surface area contributed by atoms with E-state index in [2.05, 4.69) is 13.8 Å². The van der Waals surface area contributed by atoms with Crippen molar-refractivity contribution in [1.82, 2.24) is 0 Å². The molecule has 27 heavy (non-hydrogen) atoms. The summed E-state index contributed by atoms with van der Waals surface area (Å²) < 4.78 is 17.2. The molecule has 1 saturated heterocycles. The first-order valence-electron chi connectivity index (χ1n) is 10.4. The van der Waals surface area contributed by atoms with E-state index in [0.29, 0.717) is 19.3 Å². The van der Waals surface area contributed by atoms with E-state index in [9.17, 15) is 14.4 Å². The van der Waals surface area contributed by atoms with Gasteiger partial charge < -0.3 is 14.2 Å². The van der Waals surface area contributed by atoms with Crippen molar-refractivity contribution in [3.63, 3.8) is 0 Å². The van der Waals surface area contributed by atoms with E-state index < -0.39 is 35.1 Å². The zero-order valence-electron chi connectivity index (χ0n) is 16.0. The van der Waals surface area contributed by atoms with Crippen molar-refractivity contribution in [2.45, 2.75) is 88.9 Å². The molecule has 0 aromatic carbocycles. The van der Waals surface area contributed by atoms with Crippen LogP contribution in [0.2, 0.25) is 0 Å². The molecule has 3 aliphatic carbocycles. The largest absolute Gasteiger partial charge is 0.459 e. The van der Waals surface area contributed by atoms with E-state index in [1.807, 2.05) is 0 Å². The fourth-order valence-electron chi connectivity index (χ4n) is 5.67. The monoisotopic (exact) mass is 377 g/mol. The highest BCUT2D eigenvalue weighted by molar-refractivity contribution is 5.87. The van der Waals surface area contributed by atoms with Gasteiger partial charge in [0.2, 0.25) is 0 Å². The summed E-state index contributed by atoms with van der Waals surface area (Å²) >= 11 is 0. The molecule has 2 bridgehead atoms. The predicted molar refractivity (Wildman–Crippen MR) is 95.2 cm³/mol. The van der Waals surface area contributed by atoms with Gasteiger partial charge in [0.05, 0.1) is 17.3 Å². The van der Waals surface area contributed by atoms with Crippen molar-refractivity contribution < 1.29 is 28.6 Å². The lowest BCUT2D eigenvalue weighted by molar-refractivity contribution is -0.182. The molecular formula is C21H29O6. The van der Waals surface area contributed by atoms with Crippen LogP contribution in [0.5, 0.6) is 0 Å². The molecule has 1 heterocycles. The van der Waals surface area contributed by atoms with Crippen LogP contribution in [0, 0.1) is 24.2 Å². The maximum Gasteiger partial charge on any atom is 0.311 e. The summed E-state index contributed by atoms with van der Waals surface area (Å²) in [4.78, 5) is 37.6. The fourth-order valence-corrected chi connectivity index (χ4v) is 5.67. The molecule has 1 radical (unpaired) electrons. The molecule has 0 N–H and O–H groups in total. The van der Waals surface area contributed by atoms with E-state index in [4.69, 9.17) is 14.2 Å². The standard InChI is InChI=1S/C21H29O6/c1-3-8-14(22)25-16-17-21(16)12-9-13(18(23)26-17)15(21)19(24)27-20(4-2)10-6-5-7-11-20/h13,15-17H,1,3-12H2,2H3. The Hall–Kier alpha value is -1.59. The number of carbonyl (C=O) groups is 3. The molecule has 149 valence electrons. The Kier molecular flexibility index (Phi) is 4.71. The van der Waals surface area contributed by atoms with Crippen molar-refractivity contribution in [2.75, 3.05) is 0 Å². The first-order valence-corrected chi connectivity index (χ1v) is 10.4. The van der Waals surface area contributed by atoms with Crippen LogP contribution in [0.3, 0.4) is 0 Å². The van der Waals surface area contributed by atoms with Crippen molar-refractivity contribution in [1.29, 1.82) is 0 Å². The number of ether oxygens (including phenoxy) is 3. The van der Waals surface area contributed by atoms with E-state index in [0.717, 1.165) is 32.1 Å². The third-order valence-electron chi connectivity index (χ3n) is 7.26. The summed E-state index contributed by atoms with van der Waals surface area (Å²) in [6.07, 6.45) is 6.78. The molecule has 4 rings (SSSR count). The number of hydrogen-bond acceptors (Lipinski definition) is 6. The Morgan fingerprint density at radius 3 is 2.63 bits per heavy atom. The summed E-state index contributed by atoms with van der Waals surface area (Å²) in [6.45, 7) is 5.73. The quantitative estimate of drug-likeness (QED) is 0.523. The minimum atomic E-state index is -0.573. The zero-order chi connectivity index (χ0) is 19.2. The highest BCUT2D eigenvalue weighted by atomic mass is 16.6. The number of fused-ring (bicyclic) bond motifs is 1. The van der Waals surface area contributed by atoms with Gasteiger partial charge in [0.1, 0.15) is 17.8 Å². The van der Waals surface area contributed by atoms with Crippen LogP contribution in [0.15, 0.2) is 0 Å². The third kappa shape index (κ3) is 2.87. The predicted octanol–water partition coefficient (Wildman–Crippen LogP) is 3.12. The Morgan fingerprint density at radius 1 is 1.22 bits per heavy atom. The lowest BCUT2D eigenvalue weighted by Crippen LogP contribution is -2.44. The minimum Gasteiger partial charge on any atom is -0.459 e. The average molecular weight is 377 g/mol. The van der Waals surface area contributed by atoms with Crippen LogP contribution in [-0.4, -0.2) is 35.7 Å². The Labute approximate surface area is 160 Å². The summed E-state index contributed by atoms with van der Waals surface area (Å²) in [5.74, 6) is -2.00. The number of carbonyl (C=O) groups excluding carboxylic acids is 3. The lowest BCUT2D eigenvalue weighted by atomic mass is 9.81. The second kappa shape index (κ2) is 6.78. The number of esters is 3. The Balaban J connectivity index is 1.53. The Morgan fingerprint density at radius 2 is 1.96 bits per heavy atom. The van der Waals surface area contributed by atoms with Gasteiger partial charge in [-0.1, -0.05) is 20.3 Å². The van der Waals surface area contributed by atoms with Gasteiger partial charge in [0, 0.05) is 6.42 Å². The normalized spacial score (nSPS) is 38.5. The van der Waals surface area contributed by atoms with Gasteiger partial charge in [-0.25, -0.2) is 0 Å². The molecule has 5 atom stereocenters. The molecule has 1 spiro atoms. The van der Waals surface area contributed by atoms with Crippen molar-refractivity contribution in [3.8, 4) is 0 Å². The lowest BCUT2D eigenvalue weighted by Gasteiger charge is -2.38. The van der Waals surface area contributed by atoms with E-state index in [1.165, 1.54) is 6.42 Å². The average Bonchev–Trinajstić information content (AvgIpc) is 3.10. The molecule has 6 heteroatoms. The number of rotatable bonds is 6. The molecule has 3 saturated carbocycles. The maximum atomic E-state index is 13.2. The first-order chi connectivity index (χ1) is 13.0. The molecule has 5 unspecified atom stereocenters. The second-order valence-corrected chi connectivity index (χ2v) is 8.63. The molecule has 0 aromatic heterocycles.